The molecular weight excluding hydrogens is 328 g/mol. The number of aryl methyl sites for hydroxylation is 1. The molecule has 1 aromatic heterocycles. The molecule has 1 amide bonds. The Balaban J connectivity index is 0.00000261. The first-order chi connectivity index (χ1) is 12.5. The van der Waals surface area contributed by atoms with Crippen LogP contribution in [0.25, 0.3) is 0 Å². The van der Waals surface area contributed by atoms with Gasteiger partial charge in [-0.05, 0) is 43.5 Å². The predicted molar refractivity (Wildman–Crippen MR) is 102 cm³/mol. The highest BCUT2D eigenvalue weighted by Crippen LogP contribution is 2.27. The van der Waals surface area contributed by atoms with Gasteiger partial charge in [0.15, 0.2) is 6.61 Å². The van der Waals surface area contributed by atoms with Gasteiger partial charge in [-0.1, -0.05) is 24.0 Å². The number of nitrogens with zero attached hydrogens (tertiary/aromatic N) is 1. The van der Waals surface area contributed by atoms with Gasteiger partial charge >= 0.3 is 0 Å². The first kappa shape index (κ1) is 17.8. The van der Waals surface area contributed by atoms with Gasteiger partial charge in [-0.15, -0.1) is 0 Å². The number of aromatic nitrogens is 1. The van der Waals surface area contributed by atoms with E-state index in [1.54, 1.807) is 10.6 Å². The Morgan fingerprint density at radius 3 is 2.65 bits per heavy atom. The molecule has 0 bridgehead atoms. The maximum absolute atomic E-state index is 12.4. The summed E-state index contributed by atoms with van der Waals surface area (Å²) in [4.78, 5) is 23.6. The van der Waals surface area contributed by atoms with Crippen LogP contribution in [0.1, 0.15) is 31.1 Å². The van der Waals surface area contributed by atoms with Crippen molar-refractivity contribution in [2.45, 2.75) is 26.3 Å². The molecule has 136 valence electrons. The zero-order valence-corrected chi connectivity index (χ0v) is 15.0. The number of ether oxygens (including phenoxy) is 1. The zero-order valence-electron chi connectivity index (χ0n) is 15.0. The molecule has 3 rings (SSSR count). The van der Waals surface area contributed by atoms with Crippen molar-refractivity contribution in [3.63, 3.8) is 0 Å². The Morgan fingerprint density at radius 2 is 2.04 bits per heavy atom. The molecule has 1 aromatic carbocycles. The molecule has 5 heteroatoms. The van der Waals surface area contributed by atoms with E-state index in [4.69, 9.17) is 4.74 Å². The summed E-state index contributed by atoms with van der Waals surface area (Å²) >= 11 is 0. The first-order valence-corrected chi connectivity index (χ1v) is 8.70. The molecule has 2 aromatic rings. The highest BCUT2D eigenvalue weighted by molar-refractivity contribution is 5.77. The molecule has 1 fully saturated rings. The van der Waals surface area contributed by atoms with Gasteiger partial charge in [-0.3, -0.25) is 9.59 Å². The van der Waals surface area contributed by atoms with Gasteiger partial charge in [0.05, 0.1) is 6.54 Å². The summed E-state index contributed by atoms with van der Waals surface area (Å²) in [6, 6.07) is 11.2. The highest BCUT2D eigenvalue weighted by Gasteiger charge is 2.17. The Hall–Kier alpha value is -3.00. The molecule has 0 radical (unpaired) electrons. The van der Waals surface area contributed by atoms with Crippen molar-refractivity contribution in [2.24, 2.45) is 5.92 Å². The smallest absolute Gasteiger partial charge is 0.257 e. The van der Waals surface area contributed by atoms with E-state index in [2.05, 4.69) is 17.2 Å². The number of pyridine rings is 1. The molecular formula is C21H24N2O3. The summed E-state index contributed by atoms with van der Waals surface area (Å²) in [7, 11) is 1.54. The summed E-state index contributed by atoms with van der Waals surface area (Å²) in [6.07, 6.45) is 2.44. The van der Waals surface area contributed by atoms with Gasteiger partial charge in [0.2, 0.25) is 0 Å². The van der Waals surface area contributed by atoms with Crippen LogP contribution in [0.3, 0.4) is 0 Å². The molecule has 0 spiro atoms. The third-order valence-corrected chi connectivity index (χ3v) is 4.25. The lowest BCUT2D eigenvalue weighted by molar-refractivity contribution is -0.122. The minimum Gasteiger partial charge on any atom is -0.484 e. The average Bonchev–Trinajstić information content (AvgIpc) is 3.46. The van der Waals surface area contributed by atoms with Gasteiger partial charge in [-0.25, -0.2) is 0 Å². The summed E-state index contributed by atoms with van der Waals surface area (Å²) in [6.45, 7) is 2.23. The lowest BCUT2D eigenvalue weighted by Gasteiger charge is -2.12. The van der Waals surface area contributed by atoms with Crippen LogP contribution in [0.4, 0.5) is 0 Å². The standard InChI is InChI=1S/C21H22N2O3.H2/c1-15-11-19(26-14-20(24)22-2)12-21(25)23(15)13-18-9-7-17(8-10-18)6-5-16-3-4-16;/h7-12,16H,3-4,13-14H2,1-2H3,(H,22,24);1H. The lowest BCUT2D eigenvalue weighted by Crippen LogP contribution is -2.26. The number of carbonyl (C=O) groups is 1. The number of amides is 1. The minimum atomic E-state index is -0.239. The monoisotopic (exact) mass is 352 g/mol. The van der Waals surface area contributed by atoms with Crippen LogP contribution in [0.5, 0.6) is 5.75 Å². The Bertz CT molecular complexity index is 919. The van der Waals surface area contributed by atoms with Crippen LogP contribution in [0.15, 0.2) is 41.2 Å². The highest BCUT2D eigenvalue weighted by atomic mass is 16.5. The number of likely N-dealkylation sites (N-methyl/N-ethyl adjacent to an activating group) is 1. The van der Waals surface area contributed by atoms with Crippen molar-refractivity contribution >= 4 is 5.91 Å². The van der Waals surface area contributed by atoms with Crippen molar-refractivity contribution < 1.29 is 11.0 Å². The number of hydrogen-bond donors (Lipinski definition) is 1. The van der Waals surface area contributed by atoms with Crippen molar-refractivity contribution in [3.8, 4) is 17.6 Å². The third-order valence-electron chi connectivity index (χ3n) is 4.25. The number of carbonyl (C=O) groups excluding carboxylic acids is 1. The lowest BCUT2D eigenvalue weighted by atomic mass is 10.1. The van der Waals surface area contributed by atoms with Gasteiger partial charge in [0.1, 0.15) is 5.75 Å². The fourth-order valence-corrected chi connectivity index (χ4v) is 2.50. The Kier molecular flexibility index (Phi) is 5.43. The molecule has 1 aliphatic carbocycles. The van der Waals surface area contributed by atoms with Crippen LogP contribution in [0, 0.1) is 24.7 Å². The third kappa shape index (κ3) is 4.76. The second-order valence-corrected chi connectivity index (χ2v) is 6.46. The quantitative estimate of drug-likeness (QED) is 0.840. The molecule has 1 N–H and O–H groups in total. The summed E-state index contributed by atoms with van der Waals surface area (Å²) in [5, 5.41) is 2.47. The van der Waals surface area contributed by atoms with Crippen LogP contribution >= 0.6 is 0 Å². The molecule has 0 unspecified atom stereocenters. The van der Waals surface area contributed by atoms with Crippen LogP contribution < -0.4 is 15.6 Å². The van der Waals surface area contributed by atoms with Gasteiger partial charge < -0.3 is 14.6 Å². The van der Waals surface area contributed by atoms with Crippen molar-refractivity contribution in [1.82, 2.24) is 9.88 Å². The van der Waals surface area contributed by atoms with E-state index in [1.165, 1.54) is 26.0 Å². The molecule has 26 heavy (non-hydrogen) atoms. The Labute approximate surface area is 154 Å². The number of rotatable bonds is 5. The number of hydrogen-bond acceptors (Lipinski definition) is 3. The molecule has 0 saturated heterocycles. The fraction of sp³-hybridized carbons (Fsp3) is 0.333. The van der Waals surface area contributed by atoms with E-state index in [9.17, 15) is 9.59 Å². The SMILES string of the molecule is CNC(=O)COc1cc(C)n(Cc2ccc(C#CC3CC3)cc2)c(=O)c1.[HH]. The first-order valence-electron chi connectivity index (χ1n) is 8.70. The molecule has 0 atom stereocenters. The van der Waals surface area contributed by atoms with Crippen LogP contribution in [-0.2, 0) is 11.3 Å². The Morgan fingerprint density at radius 1 is 1.31 bits per heavy atom. The van der Waals surface area contributed by atoms with E-state index in [1.807, 2.05) is 31.2 Å². The van der Waals surface area contributed by atoms with Crippen molar-refractivity contribution in [3.05, 3.63) is 63.6 Å². The summed E-state index contributed by atoms with van der Waals surface area (Å²) in [5.41, 5.74) is 2.66. The fourth-order valence-electron chi connectivity index (χ4n) is 2.50. The second-order valence-electron chi connectivity index (χ2n) is 6.46. The molecule has 1 aliphatic rings. The average molecular weight is 352 g/mol. The molecule has 0 aliphatic heterocycles. The van der Waals surface area contributed by atoms with Crippen molar-refractivity contribution in [1.29, 1.82) is 0 Å². The molecule has 5 nitrogen and oxygen atoms in total. The summed E-state index contributed by atoms with van der Waals surface area (Å²) in [5.74, 6) is 7.18. The normalized spacial score (nSPS) is 12.8. The topological polar surface area (TPSA) is 60.3 Å². The van der Waals surface area contributed by atoms with Crippen LogP contribution in [0.2, 0.25) is 0 Å². The zero-order chi connectivity index (χ0) is 18.5. The van der Waals surface area contributed by atoms with Crippen molar-refractivity contribution in [2.75, 3.05) is 13.7 Å². The van der Waals surface area contributed by atoms with E-state index < -0.39 is 0 Å². The summed E-state index contributed by atoms with van der Waals surface area (Å²) < 4.78 is 7.03. The number of nitrogens with one attached hydrogen (secondary N) is 1. The maximum atomic E-state index is 12.4. The minimum absolute atomic E-state index is 0. The molecule has 1 heterocycles. The van der Waals surface area contributed by atoms with E-state index in [-0.39, 0.29) is 19.5 Å². The maximum Gasteiger partial charge on any atom is 0.257 e. The molecule has 1 saturated carbocycles. The van der Waals surface area contributed by atoms with Gasteiger partial charge in [0.25, 0.3) is 11.5 Å². The van der Waals surface area contributed by atoms with Crippen LogP contribution in [-0.4, -0.2) is 24.1 Å². The van der Waals surface area contributed by atoms with E-state index in [0.29, 0.717) is 18.2 Å². The van der Waals surface area contributed by atoms with Gasteiger partial charge in [-0.2, -0.15) is 0 Å². The number of benzene rings is 1. The largest absolute Gasteiger partial charge is 0.484 e. The second kappa shape index (κ2) is 7.92. The van der Waals surface area contributed by atoms with E-state index in [0.717, 1.165) is 16.8 Å². The van der Waals surface area contributed by atoms with E-state index >= 15 is 0 Å². The predicted octanol–water partition coefficient (Wildman–Crippen LogP) is 2.34. The van der Waals surface area contributed by atoms with Gasteiger partial charge in [0, 0.05) is 31.7 Å².